The van der Waals surface area contributed by atoms with Gasteiger partial charge in [0.15, 0.2) is 0 Å². The van der Waals surface area contributed by atoms with Gasteiger partial charge < -0.3 is 16.0 Å². The van der Waals surface area contributed by atoms with E-state index in [0.717, 1.165) is 13.0 Å². The van der Waals surface area contributed by atoms with Crippen molar-refractivity contribution in [3.8, 4) is 0 Å². The molecule has 0 aromatic carbocycles. The second-order valence-electron chi connectivity index (χ2n) is 3.46. The van der Waals surface area contributed by atoms with Crippen LogP contribution in [0, 0.1) is 0 Å². The smallest absolute Gasteiger partial charge is 0.236 e. The maximum atomic E-state index is 11.2. The molecule has 3 N–H and O–H groups in total. The van der Waals surface area contributed by atoms with Gasteiger partial charge in [-0.1, -0.05) is 6.92 Å². The molecule has 0 saturated heterocycles. The molecule has 0 heterocycles. The minimum atomic E-state index is -0.348. The number of amides is 1. The molecule has 0 aromatic heterocycles. The normalized spacial score (nSPS) is 13.0. The molecule has 0 aliphatic heterocycles. The molecule has 0 rings (SSSR count). The Labute approximate surface area is 80.5 Å². The lowest BCUT2D eigenvalue weighted by Gasteiger charge is -2.12. The molecule has 4 heteroatoms. The van der Waals surface area contributed by atoms with Crippen LogP contribution in [0.15, 0.2) is 0 Å². The van der Waals surface area contributed by atoms with Gasteiger partial charge in [-0.15, -0.1) is 0 Å². The summed E-state index contributed by atoms with van der Waals surface area (Å²) in [6.45, 7) is 3.61. The Morgan fingerprint density at radius 1 is 1.54 bits per heavy atom. The van der Waals surface area contributed by atoms with Crippen molar-refractivity contribution >= 4 is 5.91 Å². The molecule has 0 bridgehead atoms. The number of carbonyl (C=O) groups excluding carboxylic acids is 1. The summed E-state index contributed by atoms with van der Waals surface area (Å²) in [5.74, 6) is -0.0405. The molecule has 0 aromatic rings. The summed E-state index contributed by atoms with van der Waals surface area (Å²) in [5, 5.41) is 2.80. The summed E-state index contributed by atoms with van der Waals surface area (Å²) in [6.07, 6.45) is 1.66. The molecule has 78 valence electrons. The SMILES string of the molecule is CC[C@H](N)C(=O)NCCCN(C)C. The van der Waals surface area contributed by atoms with Gasteiger partial charge in [0.2, 0.25) is 5.91 Å². The fourth-order valence-electron chi connectivity index (χ4n) is 0.923. The zero-order valence-corrected chi connectivity index (χ0v) is 8.84. The van der Waals surface area contributed by atoms with E-state index in [-0.39, 0.29) is 11.9 Å². The van der Waals surface area contributed by atoms with Crippen LogP contribution in [-0.2, 0) is 4.79 Å². The van der Waals surface area contributed by atoms with E-state index in [1.165, 1.54) is 0 Å². The summed E-state index contributed by atoms with van der Waals surface area (Å²) in [5.41, 5.74) is 5.54. The van der Waals surface area contributed by atoms with E-state index in [9.17, 15) is 4.79 Å². The van der Waals surface area contributed by atoms with Gasteiger partial charge in [-0.05, 0) is 33.5 Å². The van der Waals surface area contributed by atoms with Crippen LogP contribution in [0.3, 0.4) is 0 Å². The highest BCUT2D eigenvalue weighted by molar-refractivity contribution is 5.81. The summed E-state index contributed by atoms with van der Waals surface area (Å²) in [6, 6.07) is -0.348. The first-order valence-corrected chi connectivity index (χ1v) is 4.76. The average Bonchev–Trinajstić information content (AvgIpc) is 2.10. The Bertz CT molecular complexity index is 148. The fraction of sp³-hybridized carbons (Fsp3) is 0.889. The van der Waals surface area contributed by atoms with Crippen LogP contribution in [0.5, 0.6) is 0 Å². The van der Waals surface area contributed by atoms with E-state index in [1.54, 1.807) is 0 Å². The number of hydrogen-bond acceptors (Lipinski definition) is 3. The molecule has 0 unspecified atom stereocenters. The Morgan fingerprint density at radius 3 is 2.62 bits per heavy atom. The largest absolute Gasteiger partial charge is 0.355 e. The van der Waals surface area contributed by atoms with Crippen molar-refractivity contribution in [1.29, 1.82) is 0 Å². The van der Waals surface area contributed by atoms with Crippen molar-refractivity contribution in [3.63, 3.8) is 0 Å². The first-order valence-electron chi connectivity index (χ1n) is 4.76. The van der Waals surface area contributed by atoms with Crippen molar-refractivity contribution in [3.05, 3.63) is 0 Å². The van der Waals surface area contributed by atoms with Crippen molar-refractivity contribution in [2.75, 3.05) is 27.2 Å². The molecular formula is C9H21N3O. The van der Waals surface area contributed by atoms with Gasteiger partial charge in [0.25, 0.3) is 0 Å². The van der Waals surface area contributed by atoms with Crippen molar-refractivity contribution in [2.24, 2.45) is 5.73 Å². The number of nitrogens with zero attached hydrogens (tertiary/aromatic N) is 1. The maximum absolute atomic E-state index is 11.2. The highest BCUT2D eigenvalue weighted by Crippen LogP contribution is 1.86. The molecule has 0 fully saturated rings. The van der Waals surface area contributed by atoms with Crippen LogP contribution >= 0.6 is 0 Å². The summed E-state index contributed by atoms with van der Waals surface area (Å²) >= 11 is 0. The third-order valence-corrected chi connectivity index (χ3v) is 1.86. The highest BCUT2D eigenvalue weighted by Gasteiger charge is 2.08. The maximum Gasteiger partial charge on any atom is 0.236 e. The average molecular weight is 187 g/mol. The predicted molar refractivity (Wildman–Crippen MR) is 54.4 cm³/mol. The summed E-state index contributed by atoms with van der Waals surface area (Å²) in [4.78, 5) is 13.3. The Hall–Kier alpha value is -0.610. The number of nitrogens with one attached hydrogen (secondary N) is 1. The van der Waals surface area contributed by atoms with Crippen molar-refractivity contribution in [1.82, 2.24) is 10.2 Å². The van der Waals surface area contributed by atoms with Crippen LogP contribution in [0.1, 0.15) is 19.8 Å². The number of hydrogen-bond donors (Lipinski definition) is 2. The zero-order valence-electron chi connectivity index (χ0n) is 8.84. The molecule has 0 spiro atoms. The topological polar surface area (TPSA) is 58.4 Å². The van der Waals surface area contributed by atoms with Gasteiger partial charge in [0, 0.05) is 6.54 Å². The van der Waals surface area contributed by atoms with Crippen molar-refractivity contribution in [2.45, 2.75) is 25.8 Å². The van der Waals surface area contributed by atoms with Crippen LogP contribution in [-0.4, -0.2) is 44.0 Å². The first-order chi connectivity index (χ1) is 6.07. The van der Waals surface area contributed by atoms with Crippen LogP contribution in [0.2, 0.25) is 0 Å². The standard InChI is InChI=1S/C9H21N3O/c1-4-8(10)9(13)11-6-5-7-12(2)3/h8H,4-7,10H2,1-3H3,(H,11,13)/t8-/m0/s1. The van der Waals surface area contributed by atoms with E-state index in [4.69, 9.17) is 5.73 Å². The Morgan fingerprint density at radius 2 is 2.15 bits per heavy atom. The second-order valence-corrected chi connectivity index (χ2v) is 3.46. The van der Waals surface area contributed by atoms with Crippen LogP contribution < -0.4 is 11.1 Å². The fourth-order valence-corrected chi connectivity index (χ4v) is 0.923. The predicted octanol–water partition coefficient (Wildman–Crippen LogP) is -0.208. The molecule has 0 radical (unpaired) electrons. The highest BCUT2D eigenvalue weighted by atomic mass is 16.2. The molecule has 0 saturated carbocycles. The van der Waals surface area contributed by atoms with Gasteiger partial charge in [-0.25, -0.2) is 0 Å². The second kappa shape index (κ2) is 6.86. The molecule has 4 nitrogen and oxygen atoms in total. The van der Waals surface area contributed by atoms with E-state index in [1.807, 2.05) is 21.0 Å². The first kappa shape index (κ1) is 12.4. The minimum absolute atomic E-state index is 0.0405. The molecular weight excluding hydrogens is 166 g/mol. The van der Waals surface area contributed by atoms with Crippen molar-refractivity contribution < 1.29 is 4.79 Å². The molecule has 1 amide bonds. The summed E-state index contributed by atoms with van der Waals surface area (Å²) < 4.78 is 0. The van der Waals surface area contributed by atoms with E-state index < -0.39 is 0 Å². The van der Waals surface area contributed by atoms with Gasteiger partial charge in [-0.3, -0.25) is 4.79 Å². The lowest BCUT2D eigenvalue weighted by molar-refractivity contribution is -0.122. The van der Waals surface area contributed by atoms with Gasteiger partial charge in [-0.2, -0.15) is 0 Å². The van der Waals surface area contributed by atoms with Crippen LogP contribution in [0.25, 0.3) is 0 Å². The number of rotatable bonds is 6. The molecule has 0 aliphatic carbocycles. The van der Waals surface area contributed by atoms with E-state index >= 15 is 0 Å². The van der Waals surface area contributed by atoms with Gasteiger partial charge in [0.1, 0.15) is 0 Å². The van der Waals surface area contributed by atoms with Gasteiger partial charge in [0.05, 0.1) is 6.04 Å². The lowest BCUT2D eigenvalue weighted by atomic mass is 10.2. The third kappa shape index (κ3) is 6.54. The number of carbonyl (C=O) groups is 1. The van der Waals surface area contributed by atoms with Gasteiger partial charge >= 0.3 is 0 Å². The molecule has 13 heavy (non-hydrogen) atoms. The Balaban J connectivity index is 3.37. The monoisotopic (exact) mass is 187 g/mol. The lowest BCUT2D eigenvalue weighted by Crippen LogP contribution is -2.40. The van der Waals surface area contributed by atoms with E-state index in [0.29, 0.717) is 13.0 Å². The summed E-state index contributed by atoms with van der Waals surface area (Å²) in [7, 11) is 4.03. The van der Waals surface area contributed by atoms with E-state index in [2.05, 4.69) is 10.2 Å². The zero-order chi connectivity index (χ0) is 10.3. The molecule has 0 aliphatic rings. The number of nitrogens with two attached hydrogens (primary N) is 1. The van der Waals surface area contributed by atoms with Crippen LogP contribution in [0.4, 0.5) is 0 Å². The third-order valence-electron chi connectivity index (χ3n) is 1.86. The quantitative estimate of drug-likeness (QED) is 0.566. The Kier molecular flexibility index (Phi) is 6.54. The minimum Gasteiger partial charge on any atom is -0.355 e. The molecule has 1 atom stereocenters.